The van der Waals surface area contributed by atoms with E-state index in [2.05, 4.69) is 33.2 Å². The number of benzene rings is 2. The van der Waals surface area contributed by atoms with Gasteiger partial charge in [0.25, 0.3) is 5.91 Å². The topological polar surface area (TPSA) is 67.8 Å². The second kappa shape index (κ2) is 8.27. The van der Waals surface area contributed by atoms with Crippen molar-refractivity contribution in [2.24, 2.45) is 4.99 Å². The number of esters is 1. The van der Waals surface area contributed by atoms with Gasteiger partial charge in [-0.05, 0) is 48.9 Å². The Hall–Kier alpha value is -2.47. The van der Waals surface area contributed by atoms with Crippen molar-refractivity contribution in [3.05, 3.63) is 58.1 Å². The van der Waals surface area contributed by atoms with E-state index in [4.69, 9.17) is 4.74 Å². The number of fused-ring (bicyclic) bond motifs is 1. The van der Waals surface area contributed by atoms with Crippen LogP contribution in [0.4, 0.5) is 11.4 Å². The lowest BCUT2D eigenvalue weighted by Crippen LogP contribution is -2.13. The van der Waals surface area contributed by atoms with Crippen molar-refractivity contribution in [3.8, 4) is 0 Å². The fourth-order valence-corrected chi connectivity index (χ4v) is 3.00. The Morgan fingerprint density at radius 2 is 1.92 bits per heavy atom. The first kappa shape index (κ1) is 18.3. The lowest BCUT2D eigenvalue weighted by Gasteiger charge is -2.04. The van der Waals surface area contributed by atoms with Gasteiger partial charge in [0.1, 0.15) is 5.71 Å². The third-order valence-electron chi connectivity index (χ3n) is 4.02. The van der Waals surface area contributed by atoms with Crippen molar-refractivity contribution in [2.75, 3.05) is 11.9 Å². The van der Waals surface area contributed by atoms with Crippen LogP contribution in [-0.2, 0) is 9.53 Å². The van der Waals surface area contributed by atoms with Gasteiger partial charge in [0.05, 0.1) is 23.5 Å². The molecule has 0 unspecified atom stereocenters. The maximum atomic E-state index is 12.2. The summed E-state index contributed by atoms with van der Waals surface area (Å²) in [6.07, 6.45) is 3.00. The van der Waals surface area contributed by atoms with Crippen LogP contribution in [0.25, 0.3) is 0 Å². The number of hydrogen-bond donors (Lipinski definition) is 1. The Kier molecular flexibility index (Phi) is 5.83. The molecule has 26 heavy (non-hydrogen) atoms. The highest BCUT2D eigenvalue weighted by atomic mass is 79.9. The highest BCUT2D eigenvalue weighted by Crippen LogP contribution is 2.28. The summed E-state index contributed by atoms with van der Waals surface area (Å²) >= 11 is 3.41. The molecule has 0 radical (unpaired) electrons. The van der Waals surface area contributed by atoms with E-state index in [1.54, 1.807) is 24.3 Å². The van der Waals surface area contributed by atoms with Gasteiger partial charge in [0.2, 0.25) is 0 Å². The average molecular weight is 415 g/mol. The molecule has 2 aromatic rings. The summed E-state index contributed by atoms with van der Waals surface area (Å²) in [5.74, 6) is -0.578. The molecule has 0 bridgehead atoms. The van der Waals surface area contributed by atoms with E-state index in [0.29, 0.717) is 23.6 Å². The Bertz CT molecular complexity index is 860. The molecular weight excluding hydrogens is 396 g/mol. The minimum atomic E-state index is -0.340. The Morgan fingerprint density at radius 1 is 1.15 bits per heavy atom. The molecule has 0 saturated carbocycles. The van der Waals surface area contributed by atoms with Crippen LogP contribution >= 0.6 is 15.9 Å². The first-order valence-electron chi connectivity index (χ1n) is 8.55. The molecule has 2 aromatic carbocycles. The Morgan fingerprint density at radius 3 is 2.65 bits per heavy atom. The number of halogens is 1. The zero-order valence-electron chi connectivity index (χ0n) is 14.4. The van der Waals surface area contributed by atoms with Crippen molar-refractivity contribution in [2.45, 2.75) is 26.2 Å². The van der Waals surface area contributed by atoms with Crippen molar-refractivity contribution in [1.82, 2.24) is 0 Å². The van der Waals surface area contributed by atoms with Crippen LogP contribution in [0.1, 0.15) is 42.1 Å². The van der Waals surface area contributed by atoms with Gasteiger partial charge >= 0.3 is 5.97 Å². The third-order valence-corrected chi connectivity index (χ3v) is 4.52. The van der Waals surface area contributed by atoms with Gasteiger partial charge in [0, 0.05) is 10.0 Å². The van der Waals surface area contributed by atoms with Gasteiger partial charge < -0.3 is 10.1 Å². The van der Waals surface area contributed by atoms with E-state index in [1.165, 1.54) is 0 Å². The number of unbranched alkanes of at least 4 members (excludes halogenated alkanes) is 2. The van der Waals surface area contributed by atoms with Crippen molar-refractivity contribution < 1.29 is 14.3 Å². The van der Waals surface area contributed by atoms with Crippen LogP contribution in [0.3, 0.4) is 0 Å². The van der Waals surface area contributed by atoms with E-state index < -0.39 is 0 Å². The smallest absolute Gasteiger partial charge is 0.338 e. The number of carbonyl (C=O) groups is 2. The summed E-state index contributed by atoms with van der Waals surface area (Å²) in [5, 5.41) is 2.79. The van der Waals surface area contributed by atoms with E-state index >= 15 is 0 Å². The molecule has 0 fully saturated rings. The number of hydrogen-bond acceptors (Lipinski definition) is 4. The average Bonchev–Trinajstić information content (AvgIpc) is 2.94. The van der Waals surface area contributed by atoms with E-state index in [0.717, 1.165) is 35.0 Å². The van der Waals surface area contributed by atoms with Gasteiger partial charge in [0.15, 0.2) is 0 Å². The summed E-state index contributed by atoms with van der Waals surface area (Å²) in [7, 11) is 0. The molecular formula is C20H19BrN2O3. The number of anilines is 1. The number of ether oxygens (including phenoxy) is 1. The fraction of sp³-hybridized carbons (Fsp3) is 0.250. The van der Waals surface area contributed by atoms with E-state index in [1.807, 2.05) is 18.2 Å². The van der Waals surface area contributed by atoms with Gasteiger partial charge in [-0.1, -0.05) is 35.7 Å². The number of nitrogens with zero attached hydrogens (tertiary/aromatic N) is 1. The third kappa shape index (κ3) is 4.19. The first-order valence-corrected chi connectivity index (χ1v) is 9.35. The standard InChI is InChI=1S/C20H19BrN2O3/c1-2-3-4-11-26-20(25)13-5-8-15(9-6-13)22-18-16-12-14(21)7-10-17(16)23-19(18)24/h5-10,12H,2-4,11H2,1H3,(H,22,23,24). The SMILES string of the molecule is CCCCCOC(=O)c1ccc(N=C2C(=O)Nc3ccc(Br)cc32)cc1. The predicted octanol–water partition coefficient (Wildman–Crippen LogP) is 4.87. The zero-order chi connectivity index (χ0) is 18.5. The summed E-state index contributed by atoms with van der Waals surface area (Å²) < 4.78 is 6.11. The molecule has 0 saturated heterocycles. The minimum absolute atomic E-state index is 0.238. The number of nitrogens with one attached hydrogen (secondary N) is 1. The zero-order valence-corrected chi connectivity index (χ0v) is 16.0. The number of amides is 1. The van der Waals surface area contributed by atoms with Crippen LogP contribution < -0.4 is 5.32 Å². The van der Waals surface area contributed by atoms with Gasteiger partial charge in [-0.15, -0.1) is 0 Å². The number of rotatable bonds is 6. The summed E-state index contributed by atoms with van der Waals surface area (Å²) in [5.41, 5.74) is 2.93. The second-order valence-corrected chi connectivity index (χ2v) is 6.91. The molecule has 0 aliphatic carbocycles. The highest BCUT2D eigenvalue weighted by molar-refractivity contribution is 9.10. The molecule has 1 aliphatic heterocycles. The lowest BCUT2D eigenvalue weighted by molar-refractivity contribution is -0.110. The summed E-state index contributed by atoms with van der Waals surface area (Å²) in [4.78, 5) is 28.6. The van der Waals surface area contributed by atoms with Crippen molar-refractivity contribution in [3.63, 3.8) is 0 Å². The monoisotopic (exact) mass is 414 g/mol. The predicted molar refractivity (Wildman–Crippen MR) is 105 cm³/mol. The van der Waals surface area contributed by atoms with Gasteiger partial charge in [-0.2, -0.15) is 0 Å². The van der Waals surface area contributed by atoms with Gasteiger partial charge in [-0.25, -0.2) is 9.79 Å². The van der Waals surface area contributed by atoms with Crippen LogP contribution in [0, 0.1) is 0 Å². The second-order valence-electron chi connectivity index (χ2n) is 5.99. The van der Waals surface area contributed by atoms with Gasteiger partial charge in [-0.3, -0.25) is 4.79 Å². The van der Waals surface area contributed by atoms with E-state index in [-0.39, 0.29) is 11.9 Å². The molecule has 0 aromatic heterocycles. The molecule has 0 atom stereocenters. The maximum absolute atomic E-state index is 12.2. The highest BCUT2D eigenvalue weighted by Gasteiger charge is 2.26. The molecule has 1 amide bonds. The minimum Gasteiger partial charge on any atom is -0.462 e. The Labute approximate surface area is 160 Å². The molecule has 1 heterocycles. The molecule has 134 valence electrons. The van der Waals surface area contributed by atoms with Crippen LogP contribution in [0.2, 0.25) is 0 Å². The Balaban J connectivity index is 1.74. The number of carbonyl (C=O) groups excluding carboxylic acids is 2. The molecule has 6 heteroatoms. The summed E-state index contributed by atoms with van der Waals surface area (Å²) in [6, 6.07) is 12.3. The van der Waals surface area contributed by atoms with Crippen LogP contribution in [-0.4, -0.2) is 24.2 Å². The summed E-state index contributed by atoms with van der Waals surface area (Å²) in [6.45, 7) is 2.53. The first-order chi connectivity index (χ1) is 12.6. The molecule has 3 rings (SSSR count). The number of aliphatic imine (C=N–C) groups is 1. The largest absolute Gasteiger partial charge is 0.462 e. The fourth-order valence-electron chi connectivity index (χ4n) is 2.64. The van der Waals surface area contributed by atoms with Crippen LogP contribution in [0.5, 0.6) is 0 Å². The maximum Gasteiger partial charge on any atom is 0.338 e. The lowest BCUT2D eigenvalue weighted by atomic mass is 10.1. The van der Waals surface area contributed by atoms with Crippen LogP contribution in [0.15, 0.2) is 51.9 Å². The van der Waals surface area contributed by atoms with Crippen molar-refractivity contribution in [1.29, 1.82) is 0 Å². The van der Waals surface area contributed by atoms with Crippen molar-refractivity contribution >= 4 is 44.9 Å². The quantitative estimate of drug-likeness (QED) is 0.541. The molecule has 1 aliphatic rings. The molecule has 5 nitrogen and oxygen atoms in total. The molecule has 0 spiro atoms. The van der Waals surface area contributed by atoms with E-state index in [9.17, 15) is 9.59 Å². The normalized spacial score (nSPS) is 14.2. The molecule has 1 N–H and O–H groups in total.